The Labute approximate surface area is 359 Å². The van der Waals surface area contributed by atoms with E-state index >= 15 is 0 Å². The average Bonchev–Trinajstić information content (AvgIpc) is 3.80. The lowest BCUT2D eigenvalue weighted by atomic mass is 9.45. The molecular weight excluding hydrogens is 743 g/mol. The van der Waals surface area contributed by atoms with Crippen molar-refractivity contribution in [1.29, 1.82) is 0 Å². The first-order valence-electron chi connectivity index (χ1n) is 21.7. The fourth-order valence-electron chi connectivity index (χ4n) is 9.75. The van der Waals surface area contributed by atoms with Crippen LogP contribution in [-0.4, -0.2) is 6.85 Å². The summed E-state index contributed by atoms with van der Waals surface area (Å²) in [6, 6.07) is 53.8. The van der Waals surface area contributed by atoms with Gasteiger partial charge in [0, 0.05) is 44.3 Å². The minimum atomic E-state index is -0.268. The maximum absolute atomic E-state index is 7.30. The van der Waals surface area contributed by atoms with E-state index in [1.807, 2.05) is 0 Å². The van der Waals surface area contributed by atoms with Crippen LogP contribution in [0.4, 0.5) is 28.4 Å². The molecule has 11 rings (SSSR count). The van der Waals surface area contributed by atoms with Gasteiger partial charge in [0.05, 0.1) is 11.4 Å². The van der Waals surface area contributed by atoms with E-state index in [-0.39, 0.29) is 23.1 Å². The van der Waals surface area contributed by atoms with E-state index in [0.717, 1.165) is 66.9 Å². The second kappa shape index (κ2) is 13.0. The summed E-state index contributed by atoms with van der Waals surface area (Å²) < 4.78 is 14.0. The molecule has 5 heteroatoms. The van der Waals surface area contributed by atoms with Crippen molar-refractivity contribution < 1.29 is 8.83 Å². The van der Waals surface area contributed by atoms with Gasteiger partial charge in [-0.3, -0.25) is 0 Å². The highest BCUT2D eigenvalue weighted by atomic mass is 16.3. The molecule has 0 saturated carbocycles. The van der Waals surface area contributed by atoms with Crippen LogP contribution in [0.3, 0.4) is 0 Å². The lowest BCUT2D eigenvalue weighted by Crippen LogP contribution is -2.61. The molecule has 2 aliphatic heterocycles. The molecule has 7 aromatic carbocycles. The van der Waals surface area contributed by atoms with E-state index in [1.54, 1.807) is 0 Å². The van der Waals surface area contributed by atoms with Crippen molar-refractivity contribution in [2.45, 2.75) is 78.6 Å². The van der Waals surface area contributed by atoms with Crippen LogP contribution in [0.5, 0.6) is 0 Å². The second-order valence-electron chi connectivity index (χ2n) is 20.2. The number of rotatable bonds is 3. The molecule has 0 saturated heterocycles. The molecule has 0 atom stereocenters. The number of para-hydroxylation sites is 2. The van der Waals surface area contributed by atoms with Crippen molar-refractivity contribution in [3.05, 3.63) is 162 Å². The molecule has 300 valence electrons. The molecule has 0 aliphatic carbocycles. The Hall–Kier alpha value is -6.46. The number of anilines is 5. The van der Waals surface area contributed by atoms with Crippen LogP contribution < -0.4 is 20.8 Å². The summed E-state index contributed by atoms with van der Waals surface area (Å²) in [6.45, 7) is 20.4. The maximum atomic E-state index is 7.30. The van der Waals surface area contributed by atoms with Gasteiger partial charge in [-0.05, 0) is 110 Å². The van der Waals surface area contributed by atoms with Crippen molar-refractivity contribution in [3.8, 4) is 22.3 Å². The summed E-state index contributed by atoms with van der Waals surface area (Å²) in [4.78, 5) is 5.08. The number of hydrogen-bond donors (Lipinski definition) is 0. The molecule has 2 aliphatic rings. The monoisotopic (exact) mass is 794 g/mol. The van der Waals surface area contributed by atoms with E-state index in [9.17, 15) is 0 Å². The van der Waals surface area contributed by atoms with Gasteiger partial charge in [0.2, 0.25) is 0 Å². The van der Waals surface area contributed by atoms with Crippen LogP contribution in [0.25, 0.3) is 55.2 Å². The number of hydrogen-bond acceptors (Lipinski definition) is 4. The molecule has 0 amide bonds. The van der Waals surface area contributed by atoms with E-state index in [2.05, 4.69) is 218 Å². The quantitative estimate of drug-likeness (QED) is 0.167. The number of nitrogens with zero attached hydrogens (tertiary/aromatic N) is 2. The Bertz CT molecular complexity index is 3210. The largest absolute Gasteiger partial charge is 0.466 e. The molecule has 0 fully saturated rings. The fraction of sp³-hybridized carbons (Fsp3) is 0.214. The molecule has 61 heavy (non-hydrogen) atoms. The van der Waals surface area contributed by atoms with Gasteiger partial charge in [0.15, 0.2) is 0 Å². The van der Waals surface area contributed by atoms with Crippen LogP contribution in [0.2, 0.25) is 0 Å². The van der Waals surface area contributed by atoms with Gasteiger partial charge in [-0.2, -0.15) is 0 Å². The molecule has 0 bridgehead atoms. The SMILES string of the molecule is CC(C)(C)c1ccc(N2B3c4oc5ccccc5c4N(c4ccc(C(C)(C)C)cc4-c4ccccc4)c4cc(C(C)(C)C)cc(c43)-c3cc4oc5ccccc5c4cc32)cc1. The third-order valence-electron chi connectivity index (χ3n) is 13.1. The number of benzene rings is 7. The predicted octanol–water partition coefficient (Wildman–Crippen LogP) is 14.6. The zero-order valence-corrected chi connectivity index (χ0v) is 36.6. The smallest absolute Gasteiger partial charge is 0.375 e. The highest BCUT2D eigenvalue weighted by Gasteiger charge is 2.49. The van der Waals surface area contributed by atoms with Gasteiger partial charge < -0.3 is 18.5 Å². The standard InChI is InChI=1S/C56H51BN2O2/c1-54(2,3)35-23-26-38(27-24-35)59-46-32-43-39-19-13-15-21-48(39)60-50(43)33-42(46)44-30-37(56(7,8)9)31-47-51(44)57(59)53-52(40-20-14-16-22-49(40)61-53)58(47)45-28-25-36(55(4,5)6)29-41(45)34-17-11-10-12-18-34/h10-33H,1-9H3. The van der Waals surface area contributed by atoms with Gasteiger partial charge in [0.1, 0.15) is 22.4 Å². The highest BCUT2D eigenvalue weighted by Crippen LogP contribution is 2.53. The number of furan rings is 2. The van der Waals surface area contributed by atoms with Crippen molar-refractivity contribution in [3.63, 3.8) is 0 Å². The van der Waals surface area contributed by atoms with Gasteiger partial charge >= 0.3 is 6.85 Å². The fourth-order valence-corrected chi connectivity index (χ4v) is 9.75. The van der Waals surface area contributed by atoms with Crippen molar-refractivity contribution in [2.24, 2.45) is 0 Å². The summed E-state index contributed by atoms with van der Waals surface area (Å²) in [5.41, 5.74) is 18.8. The van der Waals surface area contributed by atoms with Crippen molar-refractivity contribution in [1.82, 2.24) is 0 Å². The highest BCUT2D eigenvalue weighted by molar-refractivity contribution is 6.93. The van der Waals surface area contributed by atoms with Crippen molar-refractivity contribution >= 4 is 79.3 Å². The van der Waals surface area contributed by atoms with Crippen LogP contribution in [0, 0.1) is 0 Å². The Morgan fingerprint density at radius 1 is 0.426 bits per heavy atom. The van der Waals surface area contributed by atoms with E-state index in [1.165, 1.54) is 44.5 Å². The van der Waals surface area contributed by atoms with E-state index in [4.69, 9.17) is 8.83 Å². The summed E-state index contributed by atoms with van der Waals surface area (Å²) >= 11 is 0. The molecule has 4 nitrogen and oxygen atoms in total. The molecule has 4 heterocycles. The zero-order valence-electron chi connectivity index (χ0n) is 36.6. The van der Waals surface area contributed by atoms with Crippen LogP contribution in [0.15, 0.2) is 154 Å². The van der Waals surface area contributed by atoms with Crippen LogP contribution >= 0.6 is 0 Å². The molecule has 0 spiro atoms. The van der Waals surface area contributed by atoms with Gasteiger partial charge in [-0.25, -0.2) is 0 Å². The average molecular weight is 795 g/mol. The summed E-state index contributed by atoms with van der Waals surface area (Å²) in [7, 11) is 0. The zero-order chi connectivity index (χ0) is 42.2. The third kappa shape index (κ3) is 5.81. The minimum Gasteiger partial charge on any atom is -0.466 e. The molecular formula is C56H51BN2O2. The lowest BCUT2D eigenvalue weighted by molar-refractivity contribution is 0.590. The van der Waals surface area contributed by atoms with Gasteiger partial charge in [-0.1, -0.05) is 147 Å². The minimum absolute atomic E-state index is 0.0135. The topological polar surface area (TPSA) is 32.8 Å². The van der Waals surface area contributed by atoms with E-state index in [0.29, 0.717) is 0 Å². The molecule has 0 unspecified atom stereocenters. The molecule has 2 aromatic heterocycles. The molecule has 9 aromatic rings. The Balaban J connectivity index is 1.30. The summed E-state index contributed by atoms with van der Waals surface area (Å²) in [6.07, 6.45) is 0. The van der Waals surface area contributed by atoms with Gasteiger partial charge in [0.25, 0.3) is 0 Å². The van der Waals surface area contributed by atoms with Crippen LogP contribution in [0.1, 0.15) is 79.0 Å². The predicted molar refractivity (Wildman–Crippen MR) is 259 cm³/mol. The first-order chi connectivity index (χ1) is 29.1. The normalized spacial score (nSPS) is 13.9. The Morgan fingerprint density at radius 2 is 1.03 bits per heavy atom. The third-order valence-corrected chi connectivity index (χ3v) is 13.1. The lowest BCUT2D eigenvalue weighted by Gasteiger charge is -2.45. The maximum Gasteiger partial charge on any atom is 0.375 e. The first kappa shape index (κ1) is 37.5. The van der Waals surface area contributed by atoms with E-state index < -0.39 is 0 Å². The van der Waals surface area contributed by atoms with Crippen LogP contribution in [-0.2, 0) is 16.2 Å². The molecule has 0 N–H and O–H groups in total. The number of fused-ring (bicyclic) bond motifs is 9. The second-order valence-corrected chi connectivity index (χ2v) is 20.2. The van der Waals surface area contributed by atoms with Crippen molar-refractivity contribution in [2.75, 3.05) is 9.71 Å². The Morgan fingerprint density at radius 3 is 1.72 bits per heavy atom. The first-order valence-corrected chi connectivity index (χ1v) is 21.7. The van der Waals surface area contributed by atoms with Gasteiger partial charge in [-0.15, -0.1) is 0 Å². The Kier molecular flexibility index (Phi) is 8.01. The molecule has 0 radical (unpaired) electrons. The summed E-state index contributed by atoms with van der Waals surface area (Å²) in [5.74, 6) is 0. The summed E-state index contributed by atoms with van der Waals surface area (Å²) in [5, 5.41) is 3.31.